The maximum Gasteiger partial charge on any atom is 0.316 e. The molecule has 0 saturated carbocycles. The number of primary sulfonamides is 1. The summed E-state index contributed by atoms with van der Waals surface area (Å²) in [5, 5.41) is 9.52. The molecule has 3 N–H and O–H groups in total. The highest BCUT2D eigenvalue weighted by Gasteiger charge is 2.18. The maximum atomic E-state index is 12.1. The summed E-state index contributed by atoms with van der Waals surface area (Å²) in [4.78, 5) is 25.0. The highest BCUT2D eigenvalue weighted by molar-refractivity contribution is 7.99. The lowest BCUT2D eigenvalue weighted by Gasteiger charge is -2.13. The first kappa shape index (κ1) is 20.4. The van der Waals surface area contributed by atoms with Crippen LogP contribution >= 0.6 is 23.1 Å². The monoisotopic (exact) mass is 414 g/mol. The molecule has 1 aromatic carbocycles. The van der Waals surface area contributed by atoms with E-state index in [1.807, 2.05) is 17.5 Å². The Bertz CT molecular complexity index is 849. The van der Waals surface area contributed by atoms with E-state index in [2.05, 4.69) is 5.32 Å². The third-order valence-corrected chi connectivity index (χ3v) is 6.12. The third-order valence-electron chi connectivity index (χ3n) is 3.17. The molecule has 1 heterocycles. The van der Waals surface area contributed by atoms with Gasteiger partial charge >= 0.3 is 5.97 Å². The van der Waals surface area contributed by atoms with E-state index in [0.717, 1.165) is 4.88 Å². The van der Waals surface area contributed by atoms with Gasteiger partial charge in [-0.05, 0) is 42.6 Å². The summed E-state index contributed by atoms with van der Waals surface area (Å²) in [5.41, 5.74) is 0.373. The van der Waals surface area contributed by atoms with Crippen molar-refractivity contribution in [3.63, 3.8) is 0 Å². The molecule has 0 fully saturated rings. The summed E-state index contributed by atoms with van der Waals surface area (Å²) in [6.07, 6.45) is -0.970. The molecule has 1 atom stereocenters. The summed E-state index contributed by atoms with van der Waals surface area (Å²) in [5.74, 6) is -0.119. The number of carbonyl (C=O) groups is 2. The van der Waals surface area contributed by atoms with E-state index in [4.69, 9.17) is 9.88 Å². The first-order chi connectivity index (χ1) is 12.3. The van der Waals surface area contributed by atoms with Crippen molar-refractivity contribution in [2.75, 3.05) is 11.1 Å². The summed E-state index contributed by atoms with van der Waals surface area (Å²) in [7, 11) is -3.79. The molecule has 0 spiro atoms. The van der Waals surface area contributed by atoms with Gasteiger partial charge in [-0.3, -0.25) is 9.59 Å². The summed E-state index contributed by atoms with van der Waals surface area (Å²) in [6, 6.07) is 9.30. The molecule has 0 saturated heterocycles. The van der Waals surface area contributed by atoms with E-state index >= 15 is 0 Å². The Morgan fingerprint density at radius 1 is 1.27 bits per heavy atom. The molecule has 7 nitrogen and oxygen atoms in total. The fourth-order valence-electron chi connectivity index (χ4n) is 1.89. The molecule has 1 aromatic heterocycles. The summed E-state index contributed by atoms with van der Waals surface area (Å²) in [6.45, 7) is 1.47. The zero-order valence-electron chi connectivity index (χ0n) is 13.9. The Labute approximate surface area is 160 Å². The number of anilines is 1. The molecule has 0 unspecified atom stereocenters. The smallest absolute Gasteiger partial charge is 0.316 e. The average Bonchev–Trinajstić information content (AvgIpc) is 3.07. The van der Waals surface area contributed by atoms with Crippen molar-refractivity contribution in [1.82, 2.24) is 0 Å². The number of sulfonamides is 1. The summed E-state index contributed by atoms with van der Waals surface area (Å²) < 4.78 is 27.5. The van der Waals surface area contributed by atoms with Gasteiger partial charge in [-0.2, -0.15) is 0 Å². The number of benzene rings is 1. The molecule has 0 aliphatic carbocycles. The van der Waals surface area contributed by atoms with E-state index in [9.17, 15) is 18.0 Å². The molecule has 1 amide bonds. The second-order valence-corrected chi connectivity index (χ2v) is 8.84. The molecule has 0 aliphatic rings. The van der Waals surface area contributed by atoms with E-state index in [1.54, 1.807) is 11.3 Å². The van der Waals surface area contributed by atoms with Gasteiger partial charge in [0.05, 0.1) is 10.6 Å². The van der Waals surface area contributed by atoms with Gasteiger partial charge in [0.2, 0.25) is 10.0 Å². The highest BCUT2D eigenvalue weighted by atomic mass is 32.2. The van der Waals surface area contributed by atoms with Crippen LogP contribution in [0.5, 0.6) is 0 Å². The minimum atomic E-state index is -3.79. The van der Waals surface area contributed by atoms with Crippen LogP contribution in [0.4, 0.5) is 5.69 Å². The van der Waals surface area contributed by atoms with Crippen LogP contribution in [0, 0.1) is 0 Å². The van der Waals surface area contributed by atoms with Crippen LogP contribution in [0.25, 0.3) is 0 Å². The van der Waals surface area contributed by atoms with Crippen LogP contribution in [-0.2, 0) is 30.1 Å². The van der Waals surface area contributed by atoms with Gasteiger partial charge in [-0.25, -0.2) is 13.6 Å². The van der Waals surface area contributed by atoms with Crippen molar-refractivity contribution in [2.45, 2.75) is 23.7 Å². The van der Waals surface area contributed by atoms with Gasteiger partial charge in [0.15, 0.2) is 6.10 Å². The van der Waals surface area contributed by atoms with E-state index < -0.39 is 28.0 Å². The SMILES string of the molecule is C[C@H](OC(=O)CSCc1cccs1)C(=O)Nc1ccc(S(N)(=O)=O)cc1. The van der Waals surface area contributed by atoms with Gasteiger partial charge in [-0.15, -0.1) is 23.1 Å². The number of rotatable bonds is 8. The van der Waals surface area contributed by atoms with Crippen LogP contribution in [0.3, 0.4) is 0 Å². The van der Waals surface area contributed by atoms with Crippen molar-refractivity contribution >= 4 is 50.7 Å². The standard InChI is InChI=1S/C16H18N2O5S3/c1-11(23-15(19)10-24-9-13-3-2-8-25-13)16(20)18-12-4-6-14(7-5-12)26(17,21)22/h2-8,11H,9-10H2,1H3,(H,18,20)(H2,17,21,22)/t11-/m0/s1. The number of esters is 1. The normalized spacial score (nSPS) is 12.4. The van der Waals surface area contributed by atoms with Gasteiger partial charge in [-0.1, -0.05) is 6.07 Å². The number of amides is 1. The number of nitrogens with one attached hydrogen (secondary N) is 1. The zero-order valence-corrected chi connectivity index (χ0v) is 16.3. The molecular formula is C16H18N2O5S3. The van der Waals surface area contributed by atoms with E-state index in [0.29, 0.717) is 11.4 Å². The fraction of sp³-hybridized carbons (Fsp3) is 0.250. The predicted octanol–water partition coefficient (Wildman–Crippen LogP) is 2.20. The Morgan fingerprint density at radius 2 is 1.96 bits per heavy atom. The van der Waals surface area contributed by atoms with Crippen molar-refractivity contribution < 1.29 is 22.7 Å². The van der Waals surface area contributed by atoms with E-state index in [-0.39, 0.29) is 10.6 Å². The lowest BCUT2D eigenvalue weighted by molar-refractivity contribution is -0.150. The van der Waals surface area contributed by atoms with Crippen LogP contribution < -0.4 is 10.5 Å². The molecule has 0 bridgehead atoms. The second-order valence-electron chi connectivity index (χ2n) is 5.26. The molecule has 10 heteroatoms. The van der Waals surface area contributed by atoms with Crippen molar-refractivity contribution in [3.8, 4) is 0 Å². The number of hydrogen-bond donors (Lipinski definition) is 2. The van der Waals surface area contributed by atoms with Gasteiger partial charge in [0.25, 0.3) is 5.91 Å². The third kappa shape index (κ3) is 6.45. The molecule has 26 heavy (non-hydrogen) atoms. The number of thiophene rings is 1. The van der Waals surface area contributed by atoms with E-state index in [1.165, 1.54) is 43.0 Å². The summed E-state index contributed by atoms with van der Waals surface area (Å²) >= 11 is 3.03. The topological polar surface area (TPSA) is 116 Å². The van der Waals surface area contributed by atoms with Crippen molar-refractivity contribution in [2.24, 2.45) is 5.14 Å². The first-order valence-electron chi connectivity index (χ1n) is 7.49. The van der Waals surface area contributed by atoms with Gasteiger partial charge in [0, 0.05) is 16.3 Å². The van der Waals surface area contributed by atoms with Crippen LogP contribution in [0.1, 0.15) is 11.8 Å². The quantitative estimate of drug-likeness (QED) is 0.640. The molecule has 2 rings (SSSR count). The van der Waals surface area contributed by atoms with Crippen LogP contribution in [0.15, 0.2) is 46.7 Å². The minimum Gasteiger partial charge on any atom is -0.452 e. The van der Waals surface area contributed by atoms with Crippen LogP contribution in [0.2, 0.25) is 0 Å². The minimum absolute atomic E-state index is 0.0576. The molecular weight excluding hydrogens is 396 g/mol. The number of thioether (sulfide) groups is 1. The Balaban J connectivity index is 1.78. The first-order valence-corrected chi connectivity index (χ1v) is 11.1. The lowest BCUT2D eigenvalue weighted by atomic mass is 10.3. The molecule has 140 valence electrons. The Morgan fingerprint density at radius 3 is 2.54 bits per heavy atom. The van der Waals surface area contributed by atoms with Crippen molar-refractivity contribution in [1.29, 1.82) is 0 Å². The van der Waals surface area contributed by atoms with Crippen molar-refractivity contribution in [3.05, 3.63) is 46.7 Å². The molecule has 0 radical (unpaired) electrons. The lowest BCUT2D eigenvalue weighted by Crippen LogP contribution is -2.30. The fourth-order valence-corrected chi connectivity index (χ4v) is 4.05. The number of carbonyl (C=O) groups excluding carboxylic acids is 2. The second kappa shape index (κ2) is 9.17. The molecule has 2 aromatic rings. The predicted molar refractivity (Wildman–Crippen MR) is 102 cm³/mol. The average molecular weight is 415 g/mol. The highest BCUT2D eigenvalue weighted by Crippen LogP contribution is 2.17. The van der Waals surface area contributed by atoms with Crippen LogP contribution in [-0.4, -0.2) is 32.2 Å². The Hall–Kier alpha value is -1.88. The molecule has 0 aliphatic heterocycles. The Kier molecular flexibility index (Phi) is 7.21. The zero-order chi connectivity index (χ0) is 19.2. The number of nitrogens with two attached hydrogens (primary N) is 1. The largest absolute Gasteiger partial charge is 0.452 e. The van der Waals surface area contributed by atoms with Gasteiger partial charge in [0.1, 0.15) is 0 Å². The number of hydrogen-bond acceptors (Lipinski definition) is 7. The number of ether oxygens (including phenoxy) is 1. The van der Waals surface area contributed by atoms with Gasteiger partial charge < -0.3 is 10.1 Å². The maximum absolute atomic E-state index is 12.1.